The zero-order valence-corrected chi connectivity index (χ0v) is 29.8. The van der Waals surface area contributed by atoms with Gasteiger partial charge in [-0.3, -0.25) is 18.8 Å². The van der Waals surface area contributed by atoms with E-state index in [0.717, 1.165) is 60.3 Å². The van der Waals surface area contributed by atoms with Crippen molar-refractivity contribution in [2.45, 2.75) is 77.8 Å². The summed E-state index contributed by atoms with van der Waals surface area (Å²) in [5.41, 5.74) is 3.93. The lowest BCUT2D eigenvalue weighted by Crippen LogP contribution is -2.44. The predicted octanol–water partition coefficient (Wildman–Crippen LogP) is 5.26. The van der Waals surface area contributed by atoms with Crippen LogP contribution in [0.15, 0.2) is 53.5 Å². The number of amides is 2. The molecule has 0 unspecified atom stereocenters. The predicted molar refractivity (Wildman–Crippen MR) is 193 cm³/mol. The van der Waals surface area contributed by atoms with Gasteiger partial charge in [-0.2, -0.15) is 0 Å². The number of methoxy groups -OCH3 is 3. The van der Waals surface area contributed by atoms with E-state index in [1.54, 1.807) is 33.5 Å². The summed E-state index contributed by atoms with van der Waals surface area (Å²) in [6, 6.07) is 11.8. The highest BCUT2D eigenvalue weighted by atomic mass is 16.5. The third-order valence-corrected chi connectivity index (χ3v) is 9.48. The first kappa shape index (κ1) is 36.2. The number of fused-ring (bicyclic) bond motifs is 4. The quantitative estimate of drug-likeness (QED) is 0.143. The lowest BCUT2D eigenvalue weighted by atomic mass is 9.95. The summed E-state index contributed by atoms with van der Waals surface area (Å²) in [6.07, 6.45) is 7.32. The molecule has 0 spiro atoms. The molecule has 2 aromatic carbocycles. The van der Waals surface area contributed by atoms with Gasteiger partial charge in [0.1, 0.15) is 11.9 Å². The van der Waals surface area contributed by atoms with Crippen LogP contribution >= 0.6 is 0 Å². The Morgan fingerprint density at radius 2 is 1.80 bits per heavy atom. The Balaban J connectivity index is 1.37. The van der Waals surface area contributed by atoms with Gasteiger partial charge < -0.3 is 30.2 Å². The molecule has 1 aliphatic carbocycles. The average Bonchev–Trinajstić information content (AvgIpc) is 3.39. The van der Waals surface area contributed by atoms with Gasteiger partial charge in [-0.1, -0.05) is 38.8 Å². The van der Waals surface area contributed by atoms with Crippen LogP contribution in [-0.4, -0.2) is 60.3 Å². The van der Waals surface area contributed by atoms with Crippen LogP contribution in [0.4, 0.5) is 5.69 Å². The van der Waals surface area contributed by atoms with Crippen molar-refractivity contribution in [2.24, 2.45) is 5.92 Å². The number of nitrogens with zero attached hydrogens (tertiary/aromatic N) is 3. The molecule has 0 aliphatic heterocycles. The van der Waals surface area contributed by atoms with Gasteiger partial charge in [-0.25, -0.2) is 0 Å². The maximum atomic E-state index is 13.9. The van der Waals surface area contributed by atoms with Crippen molar-refractivity contribution in [1.82, 2.24) is 25.2 Å². The molecule has 2 heterocycles. The second-order valence-electron chi connectivity index (χ2n) is 12.8. The Bertz CT molecular complexity index is 1890. The lowest BCUT2D eigenvalue weighted by Gasteiger charge is -2.24. The molecular formula is C38H48N6O6. The monoisotopic (exact) mass is 684 g/mol. The number of ether oxygens (including phenoxy) is 3. The normalized spacial score (nSPS) is 14.8. The maximum absolute atomic E-state index is 13.9. The van der Waals surface area contributed by atoms with Gasteiger partial charge in [-0.05, 0) is 78.6 Å². The fourth-order valence-electron chi connectivity index (χ4n) is 6.66. The molecule has 1 aliphatic rings. The van der Waals surface area contributed by atoms with E-state index >= 15 is 0 Å². The van der Waals surface area contributed by atoms with E-state index in [1.165, 1.54) is 6.92 Å². The Labute approximate surface area is 292 Å². The molecule has 2 aromatic heterocycles. The molecule has 0 saturated heterocycles. The third-order valence-electron chi connectivity index (χ3n) is 9.48. The number of benzene rings is 1. The molecule has 5 rings (SSSR count). The molecule has 12 heteroatoms. The number of rotatable bonds is 15. The summed E-state index contributed by atoms with van der Waals surface area (Å²) in [7, 11) is 4.69. The summed E-state index contributed by atoms with van der Waals surface area (Å²) < 4.78 is 19.2. The number of unbranched alkanes of at least 4 members (excludes halogenated alkanes) is 2. The van der Waals surface area contributed by atoms with Crippen LogP contribution in [0, 0.1) is 5.92 Å². The molecule has 2 amide bonds. The van der Waals surface area contributed by atoms with Crippen LogP contribution in [-0.2, 0) is 22.4 Å². The Kier molecular flexibility index (Phi) is 11.9. The summed E-state index contributed by atoms with van der Waals surface area (Å²) in [5, 5.41) is 17.9. The van der Waals surface area contributed by atoms with E-state index in [0.29, 0.717) is 47.9 Å². The van der Waals surface area contributed by atoms with Crippen LogP contribution in [0.2, 0.25) is 0 Å². The lowest BCUT2D eigenvalue weighted by molar-refractivity contribution is -0.123. The highest BCUT2D eigenvalue weighted by Crippen LogP contribution is 2.50. The van der Waals surface area contributed by atoms with E-state index in [2.05, 4.69) is 26.1 Å². The first-order valence-corrected chi connectivity index (χ1v) is 17.3. The number of hydrogen-bond acceptors (Lipinski definition) is 9. The number of pyridine rings is 1. The molecule has 266 valence electrons. The minimum atomic E-state index is -0.630. The first-order valence-electron chi connectivity index (χ1n) is 17.3. The fourth-order valence-corrected chi connectivity index (χ4v) is 6.66. The number of carbonyl (C=O) groups excluding carboxylic acids is 2. The maximum Gasteiger partial charge on any atom is 0.242 e. The molecule has 0 bridgehead atoms. The zero-order valence-electron chi connectivity index (χ0n) is 29.8. The van der Waals surface area contributed by atoms with E-state index in [-0.39, 0.29) is 23.2 Å². The number of carbonyl (C=O) groups is 2. The number of nitrogens with one attached hydrogen (secondary N) is 3. The van der Waals surface area contributed by atoms with E-state index in [9.17, 15) is 14.4 Å². The van der Waals surface area contributed by atoms with E-state index < -0.39 is 12.1 Å². The summed E-state index contributed by atoms with van der Waals surface area (Å²) >= 11 is 0. The van der Waals surface area contributed by atoms with Gasteiger partial charge in [0.05, 0.1) is 33.1 Å². The second-order valence-corrected chi connectivity index (χ2v) is 12.8. The van der Waals surface area contributed by atoms with E-state index in [4.69, 9.17) is 14.2 Å². The van der Waals surface area contributed by atoms with Crippen LogP contribution in [0.5, 0.6) is 17.2 Å². The van der Waals surface area contributed by atoms with Gasteiger partial charge in [0.25, 0.3) is 0 Å². The molecular weight excluding hydrogens is 636 g/mol. The molecule has 3 atom stereocenters. The third kappa shape index (κ3) is 7.85. The molecule has 12 nitrogen and oxygen atoms in total. The minimum absolute atomic E-state index is 0.0522. The van der Waals surface area contributed by atoms with Crippen molar-refractivity contribution < 1.29 is 23.8 Å². The first-order chi connectivity index (χ1) is 24.2. The number of anilines is 1. The smallest absolute Gasteiger partial charge is 0.242 e. The Morgan fingerprint density at radius 1 is 1.00 bits per heavy atom. The van der Waals surface area contributed by atoms with Crippen molar-refractivity contribution in [1.29, 1.82) is 0 Å². The average molecular weight is 685 g/mol. The minimum Gasteiger partial charge on any atom is -0.493 e. The van der Waals surface area contributed by atoms with Crippen LogP contribution < -0.4 is 35.6 Å². The van der Waals surface area contributed by atoms with E-state index in [1.807, 2.05) is 54.8 Å². The van der Waals surface area contributed by atoms with Crippen LogP contribution in [0.25, 0.3) is 16.8 Å². The van der Waals surface area contributed by atoms with Crippen molar-refractivity contribution in [3.8, 4) is 28.4 Å². The molecule has 50 heavy (non-hydrogen) atoms. The number of aromatic nitrogens is 3. The number of aryl methyl sites for hydroxylation is 2. The van der Waals surface area contributed by atoms with Gasteiger partial charge in [0, 0.05) is 31.6 Å². The standard InChI is InChI=1S/C38H48N6O6/c1-7-23(2)35(38(47)39-19-11-8-9-13-32-42-43-33-14-10-12-20-44(32)33)41-29-18-16-26-27(22-30(29)46)28(40-24(3)45)17-15-25-21-31(48-4)36(49-5)37(50-6)34(25)26/h10,12,14,16,18,20-23,28,35H,7-9,11,13,15,17,19H2,1-6H3,(H,39,47)(H,40,45)(H,41,46)/t23-,28+,35+/m1/s1. The Morgan fingerprint density at radius 3 is 2.52 bits per heavy atom. The second kappa shape index (κ2) is 16.5. The van der Waals surface area contributed by atoms with Gasteiger partial charge in [-0.15, -0.1) is 10.2 Å². The zero-order chi connectivity index (χ0) is 35.8. The summed E-state index contributed by atoms with van der Waals surface area (Å²) in [4.78, 5) is 39.8. The van der Waals surface area contributed by atoms with Crippen LogP contribution in [0.1, 0.15) is 75.9 Å². The SMILES string of the molecule is CC[C@@H](C)[C@H](Nc1ccc2c(cc1=O)[C@@H](NC(C)=O)CCc1cc(OC)c(OC)c(OC)c1-2)C(=O)NCCCCCc1nnc2ccccn12. The summed E-state index contributed by atoms with van der Waals surface area (Å²) in [6.45, 7) is 6.01. The highest BCUT2D eigenvalue weighted by molar-refractivity contribution is 5.86. The molecule has 4 aromatic rings. The van der Waals surface area contributed by atoms with Gasteiger partial charge >= 0.3 is 0 Å². The van der Waals surface area contributed by atoms with Crippen molar-refractivity contribution in [3.05, 3.63) is 75.8 Å². The molecule has 0 fully saturated rings. The summed E-state index contributed by atoms with van der Waals surface area (Å²) in [5.74, 6) is 1.96. The Hall–Kier alpha value is -5.13. The van der Waals surface area contributed by atoms with Crippen molar-refractivity contribution in [2.75, 3.05) is 33.2 Å². The molecule has 0 saturated carbocycles. The fraction of sp³-hybridized carbons (Fsp3) is 0.447. The van der Waals surface area contributed by atoms with Crippen molar-refractivity contribution >= 4 is 23.1 Å². The topological polar surface area (TPSA) is 145 Å². The van der Waals surface area contributed by atoms with Crippen molar-refractivity contribution in [3.63, 3.8) is 0 Å². The molecule has 3 N–H and O–H groups in total. The van der Waals surface area contributed by atoms with Gasteiger partial charge in [0.15, 0.2) is 17.1 Å². The van der Waals surface area contributed by atoms with Gasteiger partial charge in [0.2, 0.25) is 23.0 Å². The molecule has 0 radical (unpaired) electrons. The largest absolute Gasteiger partial charge is 0.493 e. The highest BCUT2D eigenvalue weighted by Gasteiger charge is 2.30. The van der Waals surface area contributed by atoms with Crippen LogP contribution in [0.3, 0.4) is 0 Å². The number of hydrogen-bond donors (Lipinski definition) is 3.